The molecule has 0 aliphatic rings. The van der Waals surface area contributed by atoms with E-state index in [1.54, 1.807) is 31.4 Å². The lowest BCUT2D eigenvalue weighted by Crippen LogP contribution is -2.16. The number of amides is 1. The van der Waals surface area contributed by atoms with Crippen molar-refractivity contribution in [3.05, 3.63) is 54.2 Å². The van der Waals surface area contributed by atoms with E-state index in [0.29, 0.717) is 17.1 Å². The van der Waals surface area contributed by atoms with Gasteiger partial charge >= 0.3 is 5.91 Å². The smallest absolute Gasteiger partial charge is 0.307 e. The number of furan rings is 2. The van der Waals surface area contributed by atoms with Crippen LogP contribution in [0.25, 0.3) is 11.0 Å². The summed E-state index contributed by atoms with van der Waals surface area (Å²) in [5, 5.41) is 4.58. The van der Waals surface area contributed by atoms with Gasteiger partial charge in [0, 0.05) is 5.39 Å². The summed E-state index contributed by atoms with van der Waals surface area (Å²) in [5.41, 5.74) is 2.90. The maximum atomic E-state index is 12.0. The van der Waals surface area contributed by atoms with Gasteiger partial charge in [0.2, 0.25) is 0 Å². The molecule has 0 aliphatic heterocycles. The normalized spacial score (nSPS) is 11.1. The summed E-state index contributed by atoms with van der Waals surface area (Å²) in [4.78, 5) is 12.0. The molecule has 0 fully saturated rings. The lowest BCUT2D eigenvalue weighted by atomic mass is 10.2. The van der Waals surface area contributed by atoms with E-state index in [1.165, 1.54) is 12.5 Å². The molecule has 0 spiro atoms. The van der Waals surface area contributed by atoms with Gasteiger partial charge in [-0.1, -0.05) is 12.1 Å². The number of rotatable bonds is 4. The fourth-order valence-electron chi connectivity index (χ4n) is 1.88. The maximum Gasteiger partial charge on any atom is 0.307 e. The Morgan fingerprint density at radius 1 is 1.33 bits per heavy atom. The van der Waals surface area contributed by atoms with Crippen LogP contribution in [0.15, 0.2) is 56.6 Å². The number of carbonyl (C=O) groups is 1. The molecule has 2 aromatic heterocycles. The zero-order valence-electron chi connectivity index (χ0n) is 11.2. The van der Waals surface area contributed by atoms with Crippen molar-refractivity contribution in [2.75, 3.05) is 7.11 Å². The van der Waals surface area contributed by atoms with Gasteiger partial charge < -0.3 is 13.6 Å². The second kappa shape index (κ2) is 5.54. The van der Waals surface area contributed by atoms with Gasteiger partial charge in [-0.05, 0) is 24.3 Å². The highest BCUT2D eigenvalue weighted by atomic mass is 16.5. The number of nitrogens with one attached hydrogen (secondary N) is 1. The SMILES string of the molecule is COc1cccc2cc(C(=O)N/N=C\c3ccco3)oc12. The highest BCUT2D eigenvalue weighted by Gasteiger charge is 2.14. The number of ether oxygens (including phenoxy) is 1. The Balaban J connectivity index is 1.78. The van der Waals surface area contributed by atoms with Gasteiger partial charge in [0.05, 0.1) is 19.6 Å². The quantitative estimate of drug-likeness (QED) is 0.590. The van der Waals surface area contributed by atoms with Crippen LogP contribution in [-0.2, 0) is 0 Å². The second-order valence-electron chi connectivity index (χ2n) is 4.20. The Hall–Kier alpha value is -3.02. The monoisotopic (exact) mass is 284 g/mol. The molecule has 1 amide bonds. The molecule has 106 valence electrons. The summed E-state index contributed by atoms with van der Waals surface area (Å²) in [5.74, 6) is 0.828. The standard InChI is InChI=1S/C15H12N2O4/c1-19-12-6-2-4-10-8-13(21-14(10)12)15(18)17-16-9-11-5-3-7-20-11/h2-9H,1H3,(H,17,18)/b16-9-. The van der Waals surface area contributed by atoms with Gasteiger partial charge in [0.1, 0.15) is 5.76 Å². The molecule has 0 unspecified atom stereocenters. The van der Waals surface area contributed by atoms with Crippen molar-refractivity contribution in [2.24, 2.45) is 5.10 Å². The van der Waals surface area contributed by atoms with Crippen molar-refractivity contribution >= 4 is 23.1 Å². The summed E-state index contributed by atoms with van der Waals surface area (Å²) in [6.07, 6.45) is 2.93. The van der Waals surface area contributed by atoms with Gasteiger partial charge in [-0.15, -0.1) is 0 Å². The molecular weight excluding hydrogens is 272 g/mol. The molecule has 1 N–H and O–H groups in total. The van der Waals surface area contributed by atoms with Crippen LogP contribution >= 0.6 is 0 Å². The van der Waals surface area contributed by atoms with Crippen molar-refractivity contribution in [2.45, 2.75) is 0 Å². The summed E-state index contributed by atoms with van der Waals surface area (Å²) in [6.45, 7) is 0. The lowest BCUT2D eigenvalue weighted by molar-refractivity contribution is 0.0929. The predicted octanol–water partition coefficient (Wildman–Crippen LogP) is 2.80. The zero-order chi connectivity index (χ0) is 14.7. The molecule has 0 atom stereocenters. The number of benzene rings is 1. The molecule has 1 aromatic carbocycles. The molecule has 3 aromatic rings. The van der Waals surface area contributed by atoms with Crippen molar-refractivity contribution < 1.29 is 18.4 Å². The van der Waals surface area contributed by atoms with Gasteiger partial charge in [-0.25, -0.2) is 5.43 Å². The highest BCUT2D eigenvalue weighted by Crippen LogP contribution is 2.28. The van der Waals surface area contributed by atoms with E-state index in [4.69, 9.17) is 13.6 Å². The maximum absolute atomic E-state index is 12.0. The summed E-state index contributed by atoms with van der Waals surface area (Å²) in [6, 6.07) is 10.5. The second-order valence-corrected chi connectivity index (χ2v) is 4.20. The molecule has 0 saturated heterocycles. The number of fused-ring (bicyclic) bond motifs is 1. The molecule has 0 radical (unpaired) electrons. The average Bonchev–Trinajstić information content (AvgIpc) is 3.15. The first-order chi connectivity index (χ1) is 10.3. The molecule has 2 heterocycles. The molecule has 3 rings (SSSR count). The molecule has 6 nitrogen and oxygen atoms in total. The minimum Gasteiger partial charge on any atom is -0.493 e. The van der Waals surface area contributed by atoms with E-state index in [-0.39, 0.29) is 5.76 Å². The zero-order valence-corrected chi connectivity index (χ0v) is 11.2. The van der Waals surface area contributed by atoms with E-state index in [2.05, 4.69) is 10.5 Å². The first-order valence-corrected chi connectivity index (χ1v) is 6.21. The van der Waals surface area contributed by atoms with Crippen LogP contribution in [0.2, 0.25) is 0 Å². The largest absolute Gasteiger partial charge is 0.493 e. The summed E-state index contributed by atoms with van der Waals surface area (Å²) in [7, 11) is 1.55. The topological polar surface area (TPSA) is 77.0 Å². The third kappa shape index (κ3) is 2.64. The minimum atomic E-state index is -0.448. The number of hydrazone groups is 1. The van der Waals surface area contributed by atoms with Crippen LogP contribution in [0.4, 0.5) is 0 Å². The van der Waals surface area contributed by atoms with Crippen LogP contribution in [0.5, 0.6) is 5.75 Å². The van der Waals surface area contributed by atoms with E-state index < -0.39 is 5.91 Å². The van der Waals surface area contributed by atoms with E-state index >= 15 is 0 Å². The number of nitrogens with zero attached hydrogens (tertiary/aromatic N) is 1. The molecular formula is C15H12N2O4. The molecule has 0 bridgehead atoms. The number of hydrogen-bond acceptors (Lipinski definition) is 5. The van der Waals surface area contributed by atoms with Crippen molar-refractivity contribution in [1.82, 2.24) is 5.43 Å². The van der Waals surface area contributed by atoms with Crippen molar-refractivity contribution in [3.63, 3.8) is 0 Å². The molecule has 0 saturated carbocycles. The van der Waals surface area contributed by atoms with E-state index in [0.717, 1.165) is 5.39 Å². The van der Waals surface area contributed by atoms with E-state index in [9.17, 15) is 4.79 Å². The van der Waals surface area contributed by atoms with Gasteiger partial charge in [-0.3, -0.25) is 4.79 Å². The summed E-state index contributed by atoms with van der Waals surface area (Å²) >= 11 is 0. The average molecular weight is 284 g/mol. The Kier molecular flexibility index (Phi) is 3.42. The third-order valence-electron chi connectivity index (χ3n) is 2.85. The predicted molar refractivity (Wildman–Crippen MR) is 76.5 cm³/mol. The number of carbonyl (C=O) groups excluding carboxylic acids is 1. The Morgan fingerprint density at radius 2 is 2.24 bits per heavy atom. The number of para-hydroxylation sites is 1. The minimum absolute atomic E-state index is 0.158. The first-order valence-electron chi connectivity index (χ1n) is 6.21. The fraction of sp³-hybridized carbons (Fsp3) is 0.0667. The Morgan fingerprint density at radius 3 is 3.00 bits per heavy atom. The van der Waals surface area contributed by atoms with Crippen molar-refractivity contribution in [3.8, 4) is 5.75 Å². The van der Waals surface area contributed by atoms with Gasteiger partial charge in [-0.2, -0.15) is 5.10 Å². The molecule has 0 aliphatic carbocycles. The Labute approximate surface area is 120 Å². The van der Waals surface area contributed by atoms with Crippen LogP contribution in [-0.4, -0.2) is 19.2 Å². The number of methoxy groups -OCH3 is 1. The van der Waals surface area contributed by atoms with Crippen LogP contribution in [0.1, 0.15) is 16.3 Å². The lowest BCUT2D eigenvalue weighted by Gasteiger charge is -1.98. The van der Waals surface area contributed by atoms with Gasteiger partial charge in [0.25, 0.3) is 0 Å². The van der Waals surface area contributed by atoms with Crippen molar-refractivity contribution in [1.29, 1.82) is 0 Å². The Bertz CT molecular complexity index is 787. The molecule has 21 heavy (non-hydrogen) atoms. The summed E-state index contributed by atoms with van der Waals surface area (Å²) < 4.78 is 15.7. The first kappa shape index (κ1) is 13.0. The molecule has 6 heteroatoms. The van der Waals surface area contributed by atoms with E-state index in [1.807, 2.05) is 12.1 Å². The highest BCUT2D eigenvalue weighted by molar-refractivity contribution is 5.97. The van der Waals surface area contributed by atoms with Crippen LogP contribution in [0.3, 0.4) is 0 Å². The van der Waals surface area contributed by atoms with Crippen LogP contribution in [0, 0.1) is 0 Å². The van der Waals surface area contributed by atoms with Gasteiger partial charge in [0.15, 0.2) is 17.1 Å². The third-order valence-corrected chi connectivity index (χ3v) is 2.85. The number of hydrogen-bond donors (Lipinski definition) is 1. The fourth-order valence-corrected chi connectivity index (χ4v) is 1.88. The van der Waals surface area contributed by atoms with Crippen LogP contribution < -0.4 is 10.2 Å².